The Morgan fingerprint density at radius 3 is 1.22 bits per heavy atom. The highest BCUT2D eigenvalue weighted by atomic mass is 15.2. The van der Waals surface area contributed by atoms with Crippen molar-refractivity contribution in [2.75, 3.05) is 9.80 Å². The van der Waals surface area contributed by atoms with Gasteiger partial charge in [-0.1, -0.05) is 212 Å². The molecule has 0 aliphatic heterocycles. The number of aromatic nitrogens is 2. The van der Waals surface area contributed by atoms with Crippen LogP contribution in [0.1, 0.15) is 0 Å². The molecule has 13 aromatic carbocycles. The minimum atomic E-state index is 1.05. The molecule has 0 fully saturated rings. The van der Waals surface area contributed by atoms with Crippen molar-refractivity contribution in [1.82, 2.24) is 9.13 Å². The van der Waals surface area contributed by atoms with Crippen molar-refractivity contribution in [3.63, 3.8) is 0 Å². The van der Waals surface area contributed by atoms with E-state index in [1.807, 2.05) is 0 Å². The van der Waals surface area contributed by atoms with Gasteiger partial charge in [-0.15, -0.1) is 0 Å². The normalized spacial score (nSPS) is 11.4. The fourth-order valence-electron chi connectivity index (χ4n) is 12.4. The van der Waals surface area contributed by atoms with Crippen LogP contribution in [0.4, 0.5) is 34.1 Å². The lowest BCUT2D eigenvalue weighted by Crippen LogP contribution is -2.12. The smallest absolute Gasteiger partial charge is 0.0620 e. The summed E-state index contributed by atoms with van der Waals surface area (Å²) < 4.78 is 4.89. The van der Waals surface area contributed by atoms with Gasteiger partial charge in [0, 0.05) is 72.6 Å². The van der Waals surface area contributed by atoms with Crippen LogP contribution in [-0.2, 0) is 0 Å². The van der Waals surface area contributed by atoms with Gasteiger partial charge in [0.25, 0.3) is 0 Å². The predicted octanol–water partition coefficient (Wildman–Crippen LogP) is 21.5. The summed E-state index contributed by atoms with van der Waals surface area (Å²) in [5.41, 5.74) is 21.6. The maximum atomic E-state index is 2.51. The van der Waals surface area contributed by atoms with Gasteiger partial charge < -0.3 is 18.9 Å². The minimum Gasteiger partial charge on any atom is -0.311 e. The Bertz CT molecular complexity index is 4690. The Kier molecular flexibility index (Phi) is 12.2. The molecule has 2 heterocycles. The van der Waals surface area contributed by atoms with Crippen molar-refractivity contribution in [2.24, 2.45) is 0 Å². The molecule has 0 saturated carbocycles. The quantitative estimate of drug-likeness (QED) is 0.121. The first-order valence-corrected chi connectivity index (χ1v) is 28.1. The molecule has 4 nitrogen and oxygen atoms in total. The van der Waals surface area contributed by atoms with Gasteiger partial charge in [0.05, 0.1) is 22.2 Å². The number of fused-ring (bicyclic) bond motifs is 6. The molecule has 386 valence electrons. The minimum absolute atomic E-state index is 1.05. The molecule has 0 saturated heterocycles. The van der Waals surface area contributed by atoms with Crippen LogP contribution in [-0.4, -0.2) is 9.13 Å². The molecule has 2 aromatic heterocycles. The SMILES string of the molecule is c1ccc(-c2ccc(-n3c(-c4ccccc4)c(-c4ccccc4)c4cc(-c5ccc(N(c6ccc(N(c7ccccc7)c7ccccc7)cc6)c6ccc7c(c6)c6ccccc6n7-c6ccccc6)cc5)c5ccccc5c43)cc2)cc1. The van der Waals surface area contributed by atoms with E-state index in [1.54, 1.807) is 0 Å². The third-order valence-corrected chi connectivity index (χ3v) is 16.1. The molecule has 0 bridgehead atoms. The molecule has 15 rings (SSSR count). The third-order valence-electron chi connectivity index (χ3n) is 16.1. The van der Waals surface area contributed by atoms with Gasteiger partial charge >= 0.3 is 0 Å². The van der Waals surface area contributed by atoms with Crippen molar-refractivity contribution >= 4 is 77.6 Å². The van der Waals surface area contributed by atoms with Gasteiger partial charge in [-0.3, -0.25) is 0 Å². The molecule has 0 spiro atoms. The number of hydrogen-bond acceptors (Lipinski definition) is 2. The Hall–Kier alpha value is -10.9. The summed E-state index contributed by atoms with van der Waals surface area (Å²) >= 11 is 0. The maximum absolute atomic E-state index is 2.51. The standard InChI is InChI=1S/C78H54N4/c1-7-23-55(24-8-1)56-39-43-66(44-40-56)82-77(59-27-11-3-12-28-59)76(58-25-9-2-10-26-58)73-54-71(68-35-19-20-37-70(68)78(73)82)57-41-45-63(46-42-57)80(65-49-47-64(48-50-65)79(60-29-13-4-14-30-60)61-31-15-5-16-32-61)67-51-52-75-72(53-67)69-36-21-22-38-74(69)81(75)62-33-17-6-18-34-62/h1-54H. The first kappa shape index (κ1) is 48.2. The van der Waals surface area contributed by atoms with E-state index in [2.05, 4.69) is 347 Å². The van der Waals surface area contributed by atoms with Crippen molar-refractivity contribution in [3.05, 3.63) is 328 Å². The average molecular weight is 1050 g/mol. The number of para-hydroxylation sites is 4. The largest absolute Gasteiger partial charge is 0.311 e. The Balaban J connectivity index is 0.913. The first-order chi connectivity index (χ1) is 40.7. The molecule has 0 amide bonds. The maximum Gasteiger partial charge on any atom is 0.0620 e. The molecule has 15 aromatic rings. The van der Waals surface area contributed by atoms with E-state index in [1.165, 1.54) is 65.8 Å². The lowest BCUT2D eigenvalue weighted by Gasteiger charge is -2.28. The third kappa shape index (κ3) is 8.49. The van der Waals surface area contributed by atoms with E-state index in [4.69, 9.17) is 0 Å². The highest BCUT2D eigenvalue weighted by Gasteiger charge is 2.26. The van der Waals surface area contributed by atoms with Gasteiger partial charge in [0.2, 0.25) is 0 Å². The number of anilines is 6. The summed E-state index contributed by atoms with van der Waals surface area (Å²) in [5, 5.41) is 5.98. The molecule has 0 aliphatic carbocycles. The van der Waals surface area contributed by atoms with Crippen molar-refractivity contribution in [1.29, 1.82) is 0 Å². The van der Waals surface area contributed by atoms with Crippen LogP contribution in [0.3, 0.4) is 0 Å². The summed E-state index contributed by atoms with van der Waals surface area (Å²) in [6.45, 7) is 0. The summed E-state index contributed by atoms with van der Waals surface area (Å²) in [5.74, 6) is 0. The van der Waals surface area contributed by atoms with Crippen LogP contribution >= 0.6 is 0 Å². The number of benzene rings is 13. The van der Waals surface area contributed by atoms with Gasteiger partial charge in [-0.2, -0.15) is 0 Å². The highest BCUT2D eigenvalue weighted by Crippen LogP contribution is 2.49. The monoisotopic (exact) mass is 1050 g/mol. The van der Waals surface area contributed by atoms with Crippen molar-refractivity contribution in [2.45, 2.75) is 0 Å². The number of rotatable bonds is 12. The van der Waals surface area contributed by atoms with Crippen LogP contribution in [0.2, 0.25) is 0 Å². The fourth-order valence-corrected chi connectivity index (χ4v) is 12.4. The average Bonchev–Trinajstić information content (AvgIpc) is 4.25. The van der Waals surface area contributed by atoms with E-state index in [-0.39, 0.29) is 0 Å². The van der Waals surface area contributed by atoms with Gasteiger partial charge in [-0.25, -0.2) is 0 Å². The van der Waals surface area contributed by atoms with Crippen molar-refractivity contribution in [3.8, 4) is 56.0 Å². The second-order valence-electron chi connectivity index (χ2n) is 20.9. The molecular formula is C78H54N4. The summed E-state index contributed by atoms with van der Waals surface area (Å²) in [6, 6.07) is 119. The summed E-state index contributed by atoms with van der Waals surface area (Å²) in [7, 11) is 0. The van der Waals surface area contributed by atoms with Crippen LogP contribution in [0.25, 0.3) is 99.5 Å². The van der Waals surface area contributed by atoms with Crippen LogP contribution < -0.4 is 9.80 Å². The van der Waals surface area contributed by atoms with E-state index in [0.29, 0.717) is 0 Å². The second kappa shape index (κ2) is 20.7. The lowest BCUT2D eigenvalue weighted by atomic mass is 9.92. The molecule has 0 aliphatic rings. The van der Waals surface area contributed by atoms with Crippen LogP contribution in [0.15, 0.2) is 328 Å². The fraction of sp³-hybridized carbons (Fsp3) is 0. The predicted molar refractivity (Wildman–Crippen MR) is 346 cm³/mol. The van der Waals surface area contributed by atoms with Crippen LogP contribution in [0.5, 0.6) is 0 Å². The Morgan fingerprint density at radius 2 is 0.622 bits per heavy atom. The van der Waals surface area contributed by atoms with Gasteiger partial charge in [0.15, 0.2) is 0 Å². The van der Waals surface area contributed by atoms with E-state index in [9.17, 15) is 0 Å². The lowest BCUT2D eigenvalue weighted by molar-refractivity contribution is 1.14. The number of nitrogens with zero attached hydrogens (tertiary/aromatic N) is 4. The molecule has 82 heavy (non-hydrogen) atoms. The molecule has 0 N–H and O–H groups in total. The molecule has 0 atom stereocenters. The highest BCUT2D eigenvalue weighted by molar-refractivity contribution is 6.20. The summed E-state index contributed by atoms with van der Waals surface area (Å²) in [6.07, 6.45) is 0. The summed E-state index contributed by atoms with van der Waals surface area (Å²) in [4.78, 5) is 4.72. The molecular weight excluding hydrogens is 993 g/mol. The van der Waals surface area contributed by atoms with Gasteiger partial charge in [0.1, 0.15) is 0 Å². The van der Waals surface area contributed by atoms with E-state index < -0.39 is 0 Å². The van der Waals surface area contributed by atoms with Crippen molar-refractivity contribution < 1.29 is 0 Å². The molecule has 0 radical (unpaired) electrons. The van der Waals surface area contributed by atoms with E-state index in [0.717, 1.165) is 67.8 Å². The second-order valence-corrected chi connectivity index (χ2v) is 20.9. The van der Waals surface area contributed by atoms with Gasteiger partial charge in [-0.05, 0) is 154 Å². The first-order valence-electron chi connectivity index (χ1n) is 28.1. The molecule has 4 heteroatoms. The topological polar surface area (TPSA) is 16.3 Å². The Labute approximate surface area is 477 Å². The van der Waals surface area contributed by atoms with E-state index >= 15 is 0 Å². The molecule has 0 unspecified atom stereocenters. The zero-order valence-electron chi connectivity index (χ0n) is 45.0. The number of hydrogen-bond donors (Lipinski definition) is 0. The zero-order valence-corrected chi connectivity index (χ0v) is 45.0. The Morgan fingerprint density at radius 1 is 0.220 bits per heavy atom. The zero-order chi connectivity index (χ0) is 54.3. The van der Waals surface area contributed by atoms with Crippen LogP contribution in [0, 0.1) is 0 Å².